The van der Waals surface area contributed by atoms with Crippen molar-refractivity contribution in [3.8, 4) is 0 Å². The number of hydrogen-bond donors (Lipinski definition) is 0. The van der Waals surface area contributed by atoms with Crippen molar-refractivity contribution in [1.29, 1.82) is 0 Å². The van der Waals surface area contributed by atoms with Crippen LogP contribution in [-0.2, 0) is 19.3 Å². The van der Waals surface area contributed by atoms with Gasteiger partial charge in [-0.15, -0.1) is 16.4 Å². The van der Waals surface area contributed by atoms with Crippen molar-refractivity contribution in [2.24, 2.45) is 5.92 Å². The molecule has 0 saturated carbocycles. The number of aromatic nitrogens is 4. The van der Waals surface area contributed by atoms with Gasteiger partial charge in [0.1, 0.15) is 11.2 Å². The topological polar surface area (TPSA) is 43.1 Å². The zero-order valence-corrected chi connectivity index (χ0v) is 12.0. The molecular weight excluding hydrogens is 256 g/mol. The molecule has 19 heavy (non-hydrogen) atoms. The largest absolute Gasteiger partial charge is 0.225 e. The smallest absolute Gasteiger partial charge is 0.167 e. The first kappa shape index (κ1) is 11.3. The highest BCUT2D eigenvalue weighted by Crippen LogP contribution is 2.38. The second-order valence-corrected chi connectivity index (χ2v) is 6.51. The van der Waals surface area contributed by atoms with E-state index >= 15 is 0 Å². The van der Waals surface area contributed by atoms with Crippen molar-refractivity contribution in [2.75, 3.05) is 0 Å². The lowest BCUT2D eigenvalue weighted by atomic mass is 9.89. The van der Waals surface area contributed by atoms with Crippen LogP contribution in [0.2, 0.25) is 0 Å². The van der Waals surface area contributed by atoms with Crippen LogP contribution < -0.4 is 0 Å². The SMILES string of the molecule is CCc1nc2c3c4c(sc3ncn2n1)CC[C@H](C)C4. The van der Waals surface area contributed by atoms with Gasteiger partial charge in [-0.1, -0.05) is 13.8 Å². The molecule has 3 aromatic rings. The molecule has 3 aromatic heterocycles. The number of thiophene rings is 1. The van der Waals surface area contributed by atoms with Gasteiger partial charge in [0.2, 0.25) is 0 Å². The van der Waals surface area contributed by atoms with Crippen LogP contribution in [0.5, 0.6) is 0 Å². The highest BCUT2D eigenvalue weighted by atomic mass is 32.1. The van der Waals surface area contributed by atoms with Gasteiger partial charge in [0.05, 0.1) is 5.39 Å². The minimum atomic E-state index is 0.763. The quantitative estimate of drug-likeness (QED) is 0.684. The molecule has 0 bridgehead atoms. The molecule has 1 aliphatic carbocycles. The van der Waals surface area contributed by atoms with Crippen LogP contribution in [0.4, 0.5) is 0 Å². The van der Waals surface area contributed by atoms with Crippen LogP contribution in [-0.4, -0.2) is 19.6 Å². The molecule has 0 amide bonds. The first-order chi connectivity index (χ1) is 9.26. The lowest BCUT2D eigenvalue weighted by Gasteiger charge is -2.17. The number of hydrogen-bond acceptors (Lipinski definition) is 4. The second kappa shape index (κ2) is 4.00. The van der Waals surface area contributed by atoms with Crippen LogP contribution in [0.1, 0.15) is 36.5 Å². The predicted molar refractivity (Wildman–Crippen MR) is 76.7 cm³/mol. The normalized spacial score (nSPS) is 19.2. The minimum Gasteiger partial charge on any atom is -0.225 e. The first-order valence-corrected chi connectivity index (χ1v) is 7.72. The van der Waals surface area contributed by atoms with Gasteiger partial charge in [-0.05, 0) is 30.7 Å². The fourth-order valence-corrected chi connectivity index (χ4v) is 4.12. The molecule has 0 radical (unpaired) electrons. The molecular formula is C14H16N4S. The summed E-state index contributed by atoms with van der Waals surface area (Å²) in [6, 6.07) is 0. The molecule has 0 N–H and O–H groups in total. The van der Waals surface area contributed by atoms with E-state index in [1.54, 1.807) is 6.33 Å². The van der Waals surface area contributed by atoms with E-state index in [1.165, 1.54) is 28.7 Å². The average Bonchev–Trinajstić information content (AvgIpc) is 2.97. The van der Waals surface area contributed by atoms with Crippen molar-refractivity contribution in [1.82, 2.24) is 19.6 Å². The summed E-state index contributed by atoms with van der Waals surface area (Å²) < 4.78 is 1.84. The van der Waals surface area contributed by atoms with Crippen molar-refractivity contribution in [2.45, 2.75) is 39.5 Å². The number of aryl methyl sites for hydroxylation is 2. The third kappa shape index (κ3) is 1.61. The molecule has 0 spiro atoms. The summed E-state index contributed by atoms with van der Waals surface area (Å²) in [6.07, 6.45) is 6.31. The van der Waals surface area contributed by atoms with Gasteiger partial charge >= 0.3 is 0 Å². The lowest BCUT2D eigenvalue weighted by molar-refractivity contribution is 0.508. The van der Waals surface area contributed by atoms with Gasteiger partial charge in [-0.3, -0.25) is 0 Å². The summed E-state index contributed by atoms with van der Waals surface area (Å²) in [5.41, 5.74) is 2.47. The molecule has 0 fully saturated rings. The fourth-order valence-electron chi connectivity index (χ4n) is 2.94. The molecule has 0 saturated heterocycles. The van der Waals surface area contributed by atoms with E-state index in [0.29, 0.717) is 0 Å². The average molecular weight is 272 g/mol. The number of fused-ring (bicyclic) bond motifs is 5. The highest BCUT2D eigenvalue weighted by molar-refractivity contribution is 7.19. The maximum absolute atomic E-state index is 4.68. The molecule has 1 aliphatic rings. The zero-order chi connectivity index (χ0) is 13.0. The van der Waals surface area contributed by atoms with Gasteiger partial charge < -0.3 is 0 Å². The van der Waals surface area contributed by atoms with E-state index in [9.17, 15) is 0 Å². The third-order valence-corrected chi connectivity index (χ3v) is 5.19. The summed E-state index contributed by atoms with van der Waals surface area (Å²) in [4.78, 5) is 11.9. The van der Waals surface area contributed by atoms with E-state index in [4.69, 9.17) is 0 Å². The van der Waals surface area contributed by atoms with E-state index in [-0.39, 0.29) is 0 Å². The monoisotopic (exact) mass is 272 g/mol. The molecule has 4 rings (SSSR count). The molecule has 4 nitrogen and oxygen atoms in total. The Balaban J connectivity index is 2.08. The zero-order valence-electron chi connectivity index (χ0n) is 11.2. The summed E-state index contributed by atoms with van der Waals surface area (Å²) in [5.74, 6) is 1.66. The molecule has 1 atom stereocenters. The van der Waals surface area contributed by atoms with Crippen LogP contribution in [0.25, 0.3) is 15.9 Å². The Morgan fingerprint density at radius 2 is 2.37 bits per heavy atom. The fraction of sp³-hybridized carbons (Fsp3) is 0.500. The highest BCUT2D eigenvalue weighted by Gasteiger charge is 2.23. The summed E-state index contributed by atoms with van der Waals surface area (Å²) >= 11 is 1.84. The van der Waals surface area contributed by atoms with Gasteiger partial charge in [0.25, 0.3) is 0 Å². The summed E-state index contributed by atoms with van der Waals surface area (Å²) in [6.45, 7) is 4.42. The molecule has 0 aromatic carbocycles. The number of rotatable bonds is 1. The van der Waals surface area contributed by atoms with E-state index in [2.05, 4.69) is 28.9 Å². The lowest BCUT2D eigenvalue weighted by Crippen LogP contribution is -2.09. The third-order valence-electron chi connectivity index (χ3n) is 3.99. The molecule has 0 aliphatic heterocycles. The van der Waals surface area contributed by atoms with Crippen molar-refractivity contribution < 1.29 is 0 Å². The summed E-state index contributed by atoms with van der Waals surface area (Å²) in [5, 5.41) is 5.73. The summed E-state index contributed by atoms with van der Waals surface area (Å²) in [7, 11) is 0. The molecule has 5 heteroatoms. The first-order valence-electron chi connectivity index (χ1n) is 6.90. The maximum atomic E-state index is 4.68. The van der Waals surface area contributed by atoms with Crippen molar-refractivity contribution in [3.63, 3.8) is 0 Å². The Morgan fingerprint density at radius 3 is 3.21 bits per heavy atom. The van der Waals surface area contributed by atoms with E-state index < -0.39 is 0 Å². The van der Waals surface area contributed by atoms with Crippen molar-refractivity contribution >= 4 is 27.2 Å². The van der Waals surface area contributed by atoms with E-state index in [0.717, 1.165) is 35.1 Å². The van der Waals surface area contributed by atoms with Crippen LogP contribution >= 0.6 is 11.3 Å². The van der Waals surface area contributed by atoms with Crippen LogP contribution in [0.3, 0.4) is 0 Å². The van der Waals surface area contributed by atoms with Gasteiger partial charge in [-0.25, -0.2) is 14.5 Å². The minimum absolute atomic E-state index is 0.763. The van der Waals surface area contributed by atoms with Crippen LogP contribution in [0.15, 0.2) is 6.33 Å². The maximum Gasteiger partial charge on any atom is 0.167 e. The second-order valence-electron chi connectivity index (χ2n) is 5.43. The van der Waals surface area contributed by atoms with Crippen LogP contribution in [0, 0.1) is 5.92 Å². The van der Waals surface area contributed by atoms with Gasteiger partial charge in [0, 0.05) is 11.3 Å². The van der Waals surface area contributed by atoms with Gasteiger partial charge in [-0.2, -0.15) is 0 Å². The molecule has 3 heterocycles. The predicted octanol–water partition coefficient (Wildman–Crippen LogP) is 3.03. The molecule has 0 unspecified atom stereocenters. The Morgan fingerprint density at radius 1 is 1.47 bits per heavy atom. The van der Waals surface area contributed by atoms with Gasteiger partial charge in [0.15, 0.2) is 11.5 Å². The standard InChI is InChI=1S/C14H16N4S/c1-3-11-16-13-12-9-6-8(2)4-5-10(9)19-14(12)15-7-18(13)17-11/h7-8H,3-6H2,1-2H3/t8-/m0/s1. The Hall–Kier alpha value is -1.49. The molecule has 98 valence electrons. The Bertz CT molecular complexity index is 771. The Kier molecular flexibility index (Phi) is 2.39. The Labute approximate surface area is 115 Å². The van der Waals surface area contributed by atoms with Crippen molar-refractivity contribution in [3.05, 3.63) is 22.6 Å². The van der Waals surface area contributed by atoms with E-state index in [1.807, 2.05) is 15.9 Å². The number of nitrogens with zero attached hydrogens (tertiary/aromatic N) is 4.